The molecule has 0 unspecified atom stereocenters. The Morgan fingerprint density at radius 1 is 1.39 bits per heavy atom. The van der Waals surface area contributed by atoms with Crippen LogP contribution in [0.15, 0.2) is 24.3 Å². The smallest absolute Gasteiger partial charge is 0.317 e. The lowest BCUT2D eigenvalue weighted by Crippen LogP contribution is -2.62. The van der Waals surface area contributed by atoms with Crippen molar-refractivity contribution in [1.82, 2.24) is 15.5 Å². The van der Waals surface area contributed by atoms with Crippen LogP contribution in [0.4, 0.5) is 4.79 Å². The van der Waals surface area contributed by atoms with Gasteiger partial charge in [-0.25, -0.2) is 4.79 Å². The van der Waals surface area contributed by atoms with E-state index in [4.69, 9.17) is 4.74 Å². The molecule has 1 fully saturated rings. The average Bonchev–Trinajstić information content (AvgIpc) is 2.55. The Morgan fingerprint density at radius 3 is 2.78 bits per heavy atom. The van der Waals surface area contributed by atoms with Gasteiger partial charge in [0.05, 0.1) is 5.56 Å². The maximum absolute atomic E-state index is 12.3. The summed E-state index contributed by atoms with van der Waals surface area (Å²) in [6.07, 6.45) is 2.07. The van der Waals surface area contributed by atoms with E-state index < -0.39 is 5.72 Å². The van der Waals surface area contributed by atoms with Gasteiger partial charge in [-0.1, -0.05) is 19.1 Å². The maximum atomic E-state index is 12.3. The quantitative estimate of drug-likeness (QED) is 0.877. The number of nitrogens with one attached hydrogen (secondary N) is 2. The molecule has 0 bridgehead atoms. The summed E-state index contributed by atoms with van der Waals surface area (Å²) in [6, 6.07) is 7.37. The minimum atomic E-state index is -0.696. The van der Waals surface area contributed by atoms with Gasteiger partial charge < -0.3 is 20.3 Å². The Hall–Kier alpha value is -2.24. The van der Waals surface area contributed by atoms with Crippen molar-refractivity contribution in [1.29, 1.82) is 0 Å². The Bertz CT molecular complexity index is 609. The van der Waals surface area contributed by atoms with Crippen LogP contribution in [0.2, 0.25) is 0 Å². The summed E-state index contributed by atoms with van der Waals surface area (Å²) in [4.78, 5) is 26.2. The molecule has 1 aromatic carbocycles. The van der Waals surface area contributed by atoms with Gasteiger partial charge in [-0.3, -0.25) is 4.79 Å². The highest BCUT2D eigenvalue weighted by atomic mass is 16.5. The highest BCUT2D eigenvalue weighted by molar-refractivity contribution is 5.98. The lowest BCUT2D eigenvalue weighted by molar-refractivity contribution is -0.0213. The third kappa shape index (κ3) is 3.11. The number of fused-ring (bicyclic) bond motifs is 1. The first-order valence-corrected chi connectivity index (χ1v) is 8.19. The molecule has 2 N–H and O–H groups in total. The normalized spacial score (nSPS) is 20.3. The number of para-hydroxylation sites is 1. The second-order valence-corrected chi connectivity index (χ2v) is 6.29. The molecule has 3 rings (SSSR count). The van der Waals surface area contributed by atoms with Crippen LogP contribution in [0.25, 0.3) is 0 Å². The average molecular weight is 317 g/mol. The molecule has 0 saturated carbocycles. The van der Waals surface area contributed by atoms with Gasteiger partial charge in [-0.15, -0.1) is 0 Å². The van der Waals surface area contributed by atoms with Gasteiger partial charge in [0, 0.05) is 32.0 Å². The summed E-state index contributed by atoms with van der Waals surface area (Å²) in [6.45, 7) is 5.15. The monoisotopic (exact) mass is 317 g/mol. The van der Waals surface area contributed by atoms with Crippen LogP contribution in [0.1, 0.15) is 43.5 Å². The minimum Gasteiger partial charge on any atom is -0.467 e. The molecule has 3 amide bonds. The molecule has 6 nitrogen and oxygen atoms in total. The fraction of sp³-hybridized carbons (Fsp3) is 0.529. The largest absolute Gasteiger partial charge is 0.467 e. The molecular formula is C17H23N3O3. The first-order chi connectivity index (χ1) is 11.0. The van der Waals surface area contributed by atoms with Gasteiger partial charge in [-0.2, -0.15) is 0 Å². The molecule has 1 saturated heterocycles. The molecule has 2 aliphatic rings. The van der Waals surface area contributed by atoms with E-state index in [-0.39, 0.29) is 18.0 Å². The zero-order chi connectivity index (χ0) is 16.4. The Balaban J connectivity index is 1.65. The van der Waals surface area contributed by atoms with Crippen molar-refractivity contribution in [3.8, 4) is 5.75 Å². The van der Waals surface area contributed by atoms with Crippen LogP contribution in [-0.4, -0.2) is 41.7 Å². The number of amides is 3. The van der Waals surface area contributed by atoms with Crippen molar-refractivity contribution in [2.75, 3.05) is 13.1 Å². The van der Waals surface area contributed by atoms with Crippen LogP contribution in [0.5, 0.6) is 5.75 Å². The maximum Gasteiger partial charge on any atom is 0.317 e. The summed E-state index contributed by atoms with van der Waals surface area (Å²) < 4.78 is 6.07. The third-order valence-electron chi connectivity index (χ3n) is 4.62. The van der Waals surface area contributed by atoms with Gasteiger partial charge in [0.1, 0.15) is 5.75 Å². The summed E-state index contributed by atoms with van der Waals surface area (Å²) in [7, 11) is 0. The number of rotatable bonds is 2. The van der Waals surface area contributed by atoms with E-state index in [1.807, 2.05) is 32.0 Å². The summed E-state index contributed by atoms with van der Waals surface area (Å²) in [5.41, 5.74) is -0.131. The van der Waals surface area contributed by atoms with Gasteiger partial charge in [-0.05, 0) is 25.5 Å². The molecule has 23 heavy (non-hydrogen) atoms. The molecular weight excluding hydrogens is 294 g/mol. The fourth-order valence-corrected chi connectivity index (χ4v) is 2.96. The van der Waals surface area contributed by atoms with E-state index in [2.05, 4.69) is 10.6 Å². The SMILES string of the molecule is CC[C@@H](C)NC(=O)N1CCC2(CC1)NC(=O)c1ccccc1O2. The van der Waals surface area contributed by atoms with Crippen molar-refractivity contribution < 1.29 is 14.3 Å². The molecule has 6 heteroatoms. The van der Waals surface area contributed by atoms with E-state index in [0.29, 0.717) is 37.2 Å². The minimum absolute atomic E-state index is 0.0447. The lowest BCUT2D eigenvalue weighted by atomic mass is 9.97. The number of hydrogen-bond acceptors (Lipinski definition) is 3. The first-order valence-electron chi connectivity index (χ1n) is 8.19. The number of nitrogens with zero attached hydrogens (tertiary/aromatic N) is 1. The zero-order valence-electron chi connectivity index (χ0n) is 13.6. The lowest BCUT2D eigenvalue weighted by Gasteiger charge is -2.44. The van der Waals surface area contributed by atoms with Gasteiger partial charge in [0.25, 0.3) is 5.91 Å². The van der Waals surface area contributed by atoms with Crippen molar-refractivity contribution in [3.63, 3.8) is 0 Å². The molecule has 2 aliphatic heterocycles. The standard InChI is InChI=1S/C17H23N3O3/c1-3-12(2)18-16(22)20-10-8-17(9-11-20)19-15(21)13-6-4-5-7-14(13)23-17/h4-7,12H,3,8-11H2,1-2H3,(H,18,22)(H,19,21)/t12-/m1/s1. The fourth-order valence-electron chi connectivity index (χ4n) is 2.96. The van der Waals surface area contributed by atoms with E-state index in [0.717, 1.165) is 6.42 Å². The second-order valence-electron chi connectivity index (χ2n) is 6.29. The van der Waals surface area contributed by atoms with E-state index in [9.17, 15) is 9.59 Å². The van der Waals surface area contributed by atoms with Crippen LogP contribution in [0, 0.1) is 0 Å². The number of likely N-dealkylation sites (tertiary alicyclic amines) is 1. The van der Waals surface area contributed by atoms with Gasteiger partial charge in [0.2, 0.25) is 0 Å². The Morgan fingerprint density at radius 2 is 2.09 bits per heavy atom. The number of urea groups is 1. The molecule has 0 aliphatic carbocycles. The predicted molar refractivity (Wildman–Crippen MR) is 86.4 cm³/mol. The van der Waals surface area contributed by atoms with E-state index in [1.165, 1.54) is 0 Å². The summed E-state index contributed by atoms with van der Waals surface area (Å²) in [5.74, 6) is 0.512. The first kappa shape index (κ1) is 15.6. The number of carbonyl (C=O) groups excluding carboxylic acids is 2. The van der Waals surface area contributed by atoms with Crippen molar-refractivity contribution in [3.05, 3.63) is 29.8 Å². The highest BCUT2D eigenvalue weighted by Crippen LogP contribution is 2.33. The molecule has 1 atom stereocenters. The highest BCUT2D eigenvalue weighted by Gasteiger charge is 2.43. The Kier molecular flexibility index (Phi) is 4.15. The predicted octanol–water partition coefficient (Wildman–Crippen LogP) is 2.11. The number of benzene rings is 1. The van der Waals surface area contributed by atoms with Crippen molar-refractivity contribution in [2.24, 2.45) is 0 Å². The van der Waals surface area contributed by atoms with Gasteiger partial charge in [0.15, 0.2) is 5.72 Å². The van der Waals surface area contributed by atoms with Crippen molar-refractivity contribution in [2.45, 2.75) is 44.9 Å². The van der Waals surface area contributed by atoms with E-state index in [1.54, 1.807) is 11.0 Å². The molecule has 0 aromatic heterocycles. The summed E-state index contributed by atoms with van der Waals surface area (Å²) in [5, 5.41) is 5.95. The third-order valence-corrected chi connectivity index (χ3v) is 4.62. The molecule has 2 heterocycles. The molecule has 124 valence electrons. The number of ether oxygens (including phenoxy) is 1. The van der Waals surface area contributed by atoms with Crippen LogP contribution >= 0.6 is 0 Å². The van der Waals surface area contributed by atoms with Crippen LogP contribution in [0.3, 0.4) is 0 Å². The number of piperidine rings is 1. The van der Waals surface area contributed by atoms with E-state index >= 15 is 0 Å². The Labute approximate surface area is 136 Å². The number of hydrogen-bond donors (Lipinski definition) is 2. The van der Waals surface area contributed by atoms with Crippen molar-refractivity contribution >= 4 is 11.9 Å². The number of carbonyl (C=O) groups is 2. The van der Waals surface area contributed by atoms with Crippen LogP contribution < -0.4 is 15.4 Å². The van der Waals surface area contributed by atoms with Crippen LogP contribution in [-0.2, 0) is 0 Å². The molecule has 1 spiro atoms. The zero-order valence-corrected chi connectivity index (χ0v) is 13.6. The second kappa shape index (κ2) is 6.10. The van der Waals surface area contributed by atoms with Gasteiger partial charge >= 0.3 is 6.03 Å². The topological polar surface area (TPSA) is 70.7 Å². The molecule has 0 radical (unpaired) electrons. The summed E-state index contributed by atoms with van der Waals surface area (Å²) >= 11 is 0. The molecule has 1 aromatic rings.